The summed E-state index contributed by atoms with van der Waals surface area (Å²) in [5, 5.41) is 31.5. The summed E-state index contributed by atoms with van der Waals surface area (Å²) in [5.41, 5.74) is 6.55. The second-order valence-corrected chi connectivity index (χ2v) is 14.6. The number of aryl methyl sites for hydroxylation is 2. The number of rotatable bonds is 12. The fourth-order valence-electron chi connectivity index (χ4n) is 7.28. The molecule has 9 aromatic rings. The molecular weight excluding hydrogens is 805 g/mol. The molecule has 2 amide bonds. The van der Waals surface area contributed by atoms with E-state index >= 15 is 0 Å². The average Bonchev–Trinajstić information content (AvgIpc) is 3.85. The largest absolute Gasteiger partial charge is 0.457 e. The third-order valence-corrected chi connectivity index (χ3v) is 10.5. The lowest BCUT2D eigenvalue weighted by Crippen LogP contribution is -2.17. The molecule has 0 saturated heterocycles. The summed E-state index contributed by atoms with van der Waals surface area (Å²) in [6.07, 6.45) is 6.10. The monoisotopic (exact) mass is 840 g/mol. The minimum atomic E-state index is -0.450. The Kier molecular flexibility index (Phi) is 10.8. The lowest BCUT2D eigenvalue weighted by Gasteiger charge is -2.13. The zero-order chi connectivity index (χ0) is 44.2. The predicted octanol–water partition coefficient (Wildman–Crippen LogP) is 11.6. The maximum atomic E-state index is 14.0. The highest BCUT2D eigenvalue weighted by Crippen LogP contribution is 2.37. The van der Waals surface area contributed by atoms with E-state index < -0.39 is 11.8 Å². The fourth-order valence-corrected chi connectivity index (χ4v) is 7.28. The Morgan fingerprint density at radius 1 is 0.594 bits per heavy atom. The van der Waals surface area contributed by atoms with Gasteiger partial charge in [-0.2, -0.15) is 15.5 Å². The van der Waals surface area contributed by atoms with Gasteiger partial charge >= 0.3 is 0 Å². The first-order valence-electron chi connectivity index (χ1n) is 20.0. The van der Waals surface area contributed by atoms with Crippen molar-refractivity contribution in [2.75, 3.05) is 21.3 Å². The molecule has 64 heavy (non-hydrogen) atoms. The molecule has 0 unspecified atom stereocenters. The van der Waals surface area contributed by atoms with Crippen LogP contribution in [0, 0.1) is 31.8 Å². The van der Waals surface area contributed by atoms with Crippen LogP contribution in [-0.4, -0.2) is 31.0 Å². The van der Waals surface area contributed by atoms with Crippen molar-refractivity contribution < 1.29 is 19.1 Å². The molecule has 0 aliphatic rings. The third kappa shape index (κ3) is 8.09. The SMILES string of the molecule is [C-]#[N+]c1cnn2cc(C(=O)Nc3ccccc3NC(=O)c3cn4ncc(C#N)c(Nc5ccc(Oc6ccccc6)cc5)c4c3C)c(C)c2c1Nc1ccc(Oc2ccccc2)cc1. The van der Waals surface area contributed by atoms with Gasteiger partial charge in [0.15, 0.2) is 0 Å². The van der Waals surface area contributed by atoms with Crippen molar-refractivity contribution in [3.05, 3.63) is 197 Å². The summed E-state index contributed by atoms with van der Waals surface area (Å²) >= 11 is 0. The van der Waals surface area contributed by atoms with Gasteiger partial charge in [-0.05, 0) is 110 Å². The number of anilines is 6. The standard InChI is InChI=1S/C50H36N10O4/c1-31-40(29-59-47(31)45(33(26-51)27-53-59)55-34-18-22-38(23-19-34)63-36-12-6-4-7-13-36)49(61)57-42-16-10-11-17-43(42)58-50(62)41-30-60-48(32(41)2)46(44(52-3)28-54-60)56-35-20-24-39(25-21-35)64-37-14-8-5-9-15-37/h4-25,27-30,55-56H,1-2H3,(H,57,61)(H,58,62). The van der Waals surface area contributed by atoms with Crippen LogP contribution in [0.4, 0.5) is 39.8 Å². The maximum absolute atomic E-state index is 14.0. The quantitative estimate of drug-likeness (QED) is 0.0877. The van der Waals surface area contributed by atoms with Crippen LogP contribution in [0.15, 0.2) is 158 Å². The highest BCUT2D eigenvalue weighted by atomic mass is 16.5. The zero-order valence-corrected chi connectivity index (χ0v) is 34.3. The van der Waals surface area contributed by atoms with Crippen LogP contribution in [0.25, 0.3) is 15.9 Å². The number of amides is 2. The number of nitrogens with zero attached hydrogens (tertiary/aromatic N) is 6. The van der Waals surface area contributed by atoms with Crippen LogP contribution in [0.3, 0.4) is 0 Å². The molecule has 0 spiro atoms. The van der Waals surface area contributed by atoms with E-state index in [0.717, 1.165) is 0 Å². The van der Waals surface area contributed by atoms with Gasteiger partial charge < -0.3 is 30.7 Å². The van der Waals surface area contributed by atoms with E-state index in [1.807, 2.05) is 109 Å². The minimum Gasteiger partial charge on any atom is -0.457 e. The van der Waals surface area contributed by atoms with Gasteiger partial charge in [0.25, 0.3) is 11.8 Å². The van der Waals surface area contributed by atoms with E-state index in [1.165, 1.54) is 12.4 Å². The van der Waals surface area contributed by atoms with Gasteiger partial charge in [0, 0.05) is 23.8 Å². The Morgan fingerprint density at radius 3 is 1.48 bits per heavy atom. The molecule has 14 heteroatoms. The van der Waals surface area contributed by atoms with Crippen LogP contribution in [-0.2, 0) is 0 Å². The van der Waals surface area contributed by atoms with Crippen LogP contribution in [0.5, 0.6) is 23.0 Å². The number of hydrogen-bond donors (Lipinski definition) is 4. The summed E-state index contributed by atoms with van der Waals surface area (Å²) in [5.74, 6) is 1.82. The molecule has 0 aliphatic heterocycles. The zero-order valence-electron chi connectivity index (χ0n) is 34.3. The van der Waals surface area contributed by atoms with E-state index in [-0.39, 0.29) is 5.69 Å². The fraction of sp³-hybridized carbons (Fsp3) is 0.0400. The summed E-state index contributed by atoms with van der Waals surface area (Å²) < 4.78 is 15.0. The van der Waals surface area contributed by atoms with E-state index in [0.29, 0.717) is 96.0 Å². The summed E-state index contributed by atoms with van der Waals surface area (Å²) in [7, 11) is 0. The molecule has 0 radical (unpaired) electrons. The number of aromatic nitrogens is 4. The number of para-hydroxylation sites is 4. The number of carbonyl (C=O) groups is 2. The highest BCUT2D eigenvalue weighted by Gasteiger charge is 2.23. The number of ether oxygens (including phenoxy) is 2. The number of fused-ring (bicyclic) bond motifs is 2. The predicted molar refractivity (Wildman–Crippen MR) is 246 cm³/mol. The average molecular weight is 841 g/mol. The van der Waals surface area contributed by atoms with Crippen LogP contribution in [0.2, 0.25) is 0 Å². The van der Waals surface area contributed by atoms with E-state index in [2.05, 4.69) is 42.4 Å². The molecule has 0 saturated carbocycles. The number of benzene rings is 5. The Hall–Kier alpha value is -9.40. The van der Waals surface area contributed by atoms with E-state index in [1.54, 1.807) is 59.5 Å². The molecule has 14 nitrogen and oxygen atoms in total. The van der Waals surface area contributed by atoms with Crippen molar-refractivity contribution in [2.45, 2.75) is 13.8 Å². The molecule has 0 aliphatic carbocycles. The Morgan fingerprint density at radius 2 is 1.02 bits per heavy atom. The molecule has 0 atom stereocenters. The molecule has 4 N–H and O–H groups in total. The van der Waals surface area contributed by atoms with Crippen LogP contribution >= 0.6 is 0 Å². The van der Waals surface area contributed by atoms with Gasteiger partial charge in [0.05, 0.1) is 69.4 Å². The molecule has 5 aromatic carbocycles. The molecule has 0 bridgehead atoms. The molecular formula is C50H36N10O4. The minimum absolute atomic E-state index is 0.275. The van der Waals surface area contributed by atoms with Gasteiger partial charge in [-0.15, -0.1) is 0 Å². The van der Waals surface area contributed by atoms with Crippen molar-refractivity contribution >= 4 is 62.7 Å². The summed E-state index contributed by atoms with van der Waals surface area (Å²) in [6, 6.07) is 42.6. The van der Waals surface area contributed by atoms with Gasteiger partial charge in [-0.25, -0.2) is 13.9 Å². The number of nitrogens with one attached hydrogen (secondary N) is 4. The summed E-state index contributed by atoms with van der Waals surface area (Å²) in [4.78, 5) is 31.8. The van der Waals surface area contributed by atoms with Gasteiger partial charge in [-0.3, -0.25) is 9.59 Å². The van der Waals surface area contributed by atoms with Crippen molar-refractivity contribution in [3.63, 3.8) is 0 Å². The van der Waals surface area contributed by atoms with Gasteiger partial charge in [0.1, 0.15) is 29.1 Å². The molecule has 9 rings (SSSR count). The molecule has 0 fully saturated rings. The molecule has 310 valence electrons. The number of nitriles is 1. The van der Waals surface area contributed by atoms with E-state index in [9.17, 15) is 14.9 Å². The summed E-state index contributed by atoms with van der Waals surface area (Å²) in [6.45, 7) is 11.4. The highest BCUT2D eigenvalue weighted by molar-refractivity contribution is 6.12. The smallest absolute Gasteiger partial charge is 0.257 e. The normalized spacial score (nSPS) is 10.8. The number of hydrogen-bond acceptors (Lipinski definition) is 9. The lowest BCUT2D eigenvalue weighted by atomic mass is 10.1. The Balaban J connectivity index is 0.938. The Bertz CT molecular complexity index is 3070. The van der Waals surface area contributed by atoms with Gasteiger partial charge in [-0.1, -0.05) is 48.5 Å². The maximum Gasteiger partial charge on any atom is 0.257 e. The van der Waals surface area contributed by atoms with Crippen molar-refractivity contribution in [3.8, 4) is 29.1 Å². The van der Waals surface area contributed by atoms with Crippen LogP contribution < -0.4 is 30.7 Å². The second-order valence-electron chi connectivity index (χ2n) is 14.6. The van der Waals surface area contributed by atoms with E-state index in [4.69, 9.17) is 16.0 Å². The lowest BCUT2D eigenvalue weighted by molar-refractivity contribution is 0.101. The molecule has 4 aromatic heterocycles. The molecule has 4 heterocycles. The second kappa shape index (κ2) is 17.3. The first-order chi connectivity index (χ1) is 31.3. The third-order valence-electron chi connectivity index (χ3n) is 10.5. The number of carbonyl (C=O) groups excluding carboxylic acids is 2. The topological polar surface area (TPSA) is 163 Å². The van der Waals surface area contributed by atoms with Gasteiger partial charge in [0.2, 0.25) is 5.69 Å². The Labute approximate surface area is 366 Å². The van der Waals surface area contributed by atoms with Crippen molar-refractivity contribution in [2.24, 2.45) is 0 Å². The van der Waals surface area contributed by atoms with Crippen molar-refractivity contribution in [1.82, 2.24) is 19.2 Å². The first kappa shape index (κ1) is 40.0. The van der Waals surface area contributed by atoms with Crippen LogP contribution in [0.1, 0.15) is 37.4 Å². The van der Waals surface area contributed by atoms with Crippen molar-refractivity contribution in [1.29, 1.82) is 5.26 Å². The first-order valence-corrected chi connectivity index (χ1v) is 20.0.